The maximum atomic E-state index is 9.44. The molecule has 1 aromatic carbocycles. The van der Waals surface area contributed by atoms with E-state index in [1.54, 1.807) is 32.2 Å². The maximum Gasteiger partial charge on any atom is 0.124 e. The SMILES string of the molecule is COc1ccc(O)c(C(C)=NN)c1. The largest absolute Gasteiger partial charge is 0.507 e. The Bertz CT molecular complexity index is 334. The van der Waals surface area contributed by atoms with Crippen molar-refractivity contribution >= 4 is 5.71 Å². The summed E-state index contributed by atoms with van der Waals surface area (Å²) in [7, 11) is 1.56. The van der Waals surface area contributed by atoms with Crippen LogP contribution in [-0.2, 0) is 0 Å². The van der Waals surface area contributed by atoms with Crippen molar-refractivity contribution in [1.29, 1.82) is 0 Å². The summed E-state index contributed by atoms with van der Waals surface area (Å²) in [6, 6.07) is 4.90. The van der Waals surface area contributed by atoms with Gasteiger partial charge in [0.25, 0.3) is 0 Å². The number of aromatic hydroxyl groups is 1. The van der Waals surface area contributed by atoms with E-state index in [1.165, 1.54) is 0 Å². The van der Waals surface area contributed by atoms with Gasteiger partial charge in [0.05, 0.1) is 12.8 Å². The van der Waals surface area contributed by atoms with E-state index in [1.807, 2.05) is 0 Å². The summed E-state index contributed by atoms with van der Waals surface area (Å²) >= 11 is 0. The van der Waals surface area contributed by atoms with Crippen LogP contribution in [0.2, 0.25) is 0 Å². The molecule has 1 aromatic rings. The number of nitrogens with zero attached hydrogens (tertiary/aromatic N) is 1. The van der Waals surface area contributed by atoms with Crippen LogP contribution in [0.25, 0.3) is 0 Å². The van der Waals surface area contributed by atoms with Crippen molar-refractivity contribution in [2.45, 2.75) is 6.92 Å². The van der Waals surface area contributed by atoms with Crippen molar-refractivity contribution in [2.75, 3.05) is 7.11 Å². The first-order valence-electron chi connectivity index (χ1n) is 3.81. The van der Waals surface area contributed by atoms with Gasteiger partial charge < -0.3 is 15.7 Å². The van der Waals surface area contributed by atoms with Crippen LogP contribution in [0.5, 0.6) is 11.5 Å². The molecule has 0 radical (unpaired) electrons. The molecule has 0 saturated heterocycles. The molecule has 4 heteroatoms. The third-order valence-electron chi connectivity index (χ3n) is 1.79. The van der Waals surface area contributed by atoms with Crippen LogP contribution in [0, 0.1) is 0 Å². The molecule has 0 amide bonds. The number of hydrogen-bond donors (Lipinski definition) is 2. The molecule has 4 nitrogen and oxygen atoms in total. The number of hydrogen-bond acceptors (Lipinski definition) is 4. The summed E-state index contributed by atoms with van der Waals surface area (Å²) in [5, 5.41) is 12.9. The van der Waals surface area contributed by atoms with E-state index in [4.69, 9.17) is 10.6 Å². The summed E-state index contributed by atoms with van der Waals surface area (Å²) in [5.41, 5.74) is 1.15. The molecule has 70 valence electrons. The lowest BCUT2D eigenvalue weighted by molar-refractivity contribution is 0.412. The molecule has 0 heterocycles. The topological polar surface area (TPSA) is 67.8 Å². The predicted molar refractivity (Wildman–Crippen MR) is 51.1 cm³/mol. The Kier molecular flexibility index (Phi) is 2.74. The normalized spacial score (nSPS) is 11.4. The summed E-state index contributed by atoms with van der Waals surface area (Å²) < 4.78 is 5.00. The second-order valence-electron chi connectivity index (χ2n) is 2.60. The zero-order valence-electron chi connectivity index (χ0n) is 7.61. The fraction of sp³-hybridized carbons (Fsp3) is 0.222. The van der Waals surface area contributed by atoms with E-state index in [0.29, 0.717) is 17.0 Å². The Labute approximate surface area is 76.6 Å². The lowest BCUT2D eigenvalue weighted by Gasteiger charge is -2.05. The molecule has 0 aromatic heterocycles. The highest BCUT2D eigenvalue weighted by molar-refractivity contribution is 6.01. The standard InChI is InChI=1S/C9H12N2O2/c1-6(11-10)8-5-7(13-2)3-4-9(8)12/h3-5,12H,10H2,1-2H3. The van der Waals surface area contributed by atoms with Crippen molar-refractivity contribution in [3.8, 4) is 11.5 Å². The van der Waals surface area contributed by atoms with Crippen LogP contribution in [0.15, 0.2) is 23.3 Å². The van der Waals surface area contributed by atoms with Gasteiger partial charge in [-0.15, -0.1) is 0 Å². The molecular weight excluding hydrogens is 168 g/mol. The molecule has 0 bridgehead atoms. The van der Waals surface area contributed by atoms with Crippen molar-refractivity contribution in [2.24, 2.45) is 10.9 Å². The van der Waals surface area contributed by atoms with Crippen molar-refractivity contribution in [3.05, 3.63) is 23.8 Å². The Hall–Kier alpha value is -1.71. The number of rotatable bonds is 2. The minimum absolute atomic E-state index is 0.146. The van der Waals surface area contributed by atoms with Gasteiger partial charge in [-0.2, -0.15) is 5.10 Å². The molecule has 0 aliphatic rings. The lowest BCUT2D eigenvalue weighted by Crippen LogP contribution is -1.99. The first-order chi connectivity index (χ1) is 6.19. The van der Waals surface area contributed by atoms with E-state index in [-0.39, 0.29) is 5.75 Å². The van der Waals surface area contributed by atoms with Crippen molar-refractivity contribution in [3.63, 3.8) is 0 Å². The highest BCUT2D eigenvalue weighted by atomic mass is 16.5. The molecule has 0 aliphatic carbocycles. The second-order valence-corrected chi connectivity index (χ2v) is 2.60. The predicted octanol–water partition coefficient (Wildman–Crippen LogP) is 1.08. The molecule has 1 rings (SSSR count). The fourth-order valence-electron chi connectivity index (χ4n) is 1.00. The van der Waals surface area contributed by atoms with Gasteiger partial charge in [-0.25, -0.2) is 0 Å². The lowest BCUT2D eigenvalue weighted by atomic mass is 10.1. The van der Waals surface area contributed by atoms with Gasteiger partial charge in [0.2, 0.25) is 0 Å². The van der Waals surface area contributed by atoms with Crippen molar-refractivity contribution in [1.82, 2.24) is 0 Å². The molecular formula is C9H12N2O2. The number of phenols is 1. The quantitative estimate of drug-likeness (QED) is 0.406. The zero-order valence-corrected chi connectivity index (χ0v) is 7.61. The van der Waals surface area contributed by atoms with Gasteiger partial charge in [-0.1, -0.05) is 0 Å². The molecule has 0 spiro atoms. The van der Waals surface area contributed by atoms with Crippen LogP contribution in [0.3, 0.4) is 0 Å². The third-order valence-corrected chi connectivity index (χ3v) is 1.79. The first kappa shape index (κ1) is 9.38. The molecule has 0 aliphatic heterocycles. The highest BCUT2D eigenvalue weighted by Crippen LogP contribution is 2.23. The zero-order chi connectivity index (χ0) is 9.84. The first-order valence-corrected chi connectivity index (χ1v) is 3.81. The van der Waals surface area contributed by atoms with Crippen LogP contribution < -0.4 is 10.6 Å². The molecule has 0 unspecified atom stereocenters. The maximum absolute atomic E-state index is 9.44. The van der Waals surface area contributed by atoms with Crippen LogP contribution in [0.1, 0.15) is 12.5 Å². The summed E-state index contributed by atoms with van der Waals surface area (Å²) in [6.45, 7) is 1.72. The Morgan fingerprint density at radius 3 is 2.77 bits per heavy atom. The highest BCUT2D eigenvalue weighted by Gasteiger charge is 2.05. The molecule has 0 atom stereocenters. The summed E-state index contributed by atoms with van der Waals surface area (Å²) in [4.78, 5) is 0. The van der Waals surface area contributed by atoms with Gasteiger partial charge in [0.15, 0.2) is 0 Å². The number of hydrazone groups is 1. The van der Waals surface area contributed by atoms with E-state index in [9.17, 15) is 5.11 Å². The third kappa shape index (κ3) is 1.90. The minimum atomic E-state index is 0.146. The van der Waals surface area contributed by atoms with Gasteiger partial charge >= 0.3 is 0 Å². The monoisotopic (exact) mass is 180 g/mol. The summed E-state index contributed by atoms with van der Waals surface area (Å²) in [5.74, 6) is 5.91. The number of nitrogens with two attached hydrogens (primary N) is 1. The van der Waals surface area contributed by atoms with E-state index >= 15 is 0 Å². The number of ether oxygens (including phenoxy) is 1. The average molecular weight is 180 g/mol. The number of benzene rings is 1. The fourth-order valence-corrected chi connectivity index (χ4v) is 1.00. The summed E-state index contributed by atoms with van der Waals surface area (Å²) in [6.07, 6.45) is 0. The molecule has 3 N–H and O–H groups in total. The minimum Gasteiger partial charge on any atom is -0.507 e. The van der Waals surface area contributed by atoms with Crippen LogP contribution >= 0.6 is 0 Å². The average Bonchev–Trinajstić information content (AvgIpc) is 2.17. The molecule has 13 heavy (non-hydrogen) atoms. The number of methoxy groups -OCH3 is 1. The van der Waals surface area contributed by atoms with Gasteiger partial charge in [-0.05, 0) is 25.1 Å². The van der Waals surface area contributed by atoms with E-state index in [2.05, 4.69) is 5.10 Å². The van der Waals surface area contributed by atoms with Crippen LogP contribution in [0.4, 0.5) is 0 Å². The van der Waals surface area contributed by atoms with Gasteiger partial charge in [-0.3, -0.25) is 0 Å². The van der Waals surface area contributed by atoms with E-state index < -0.39 is 0 Å². The number of phenolic OH excluding ortho intramolecular Hbond substituents is 1. The Morgan fingerprint density at radius 2 is 2.23 bits per heavy atom. The smallest absolute Gasteiger partial charge is 0.124 e. The van der Waals surface area contributed by atoms with E-state index in [0.717, 1.165) is 0 Å². The molecule has 0 fully saturated rings. The molecule has 0 saturated carbocycles. The van der Waals surface area contributed by atoms with Gasteiger partial charge in [0, 0.05) is 5.56 Å². The second kappa shape index (κ2) is 3.80. The van der Waals surface area contributed by atoms with Gasteiger partial charge in [0.1, 0.15) is 11.5 Å². The Morgan fingerprint density at radius 1 is 1.54 bits per heavy atom. The van der Waals surface area contributed by atoms with Crippen molar-refractivity contribution < 1.29 is 9.84 Å². The Balaban J connectivity index is 3.19. The van der Waals surface area contributed by atoms with Crippen LogP contribution in [-0.4, -0.2) is 17.9 Å².